The minimum atomic E-state index is -0.0794. The average molecular weight is 204 g/mol. The molecule has 0 aliphatic carbocycles. The van der Waals surface area contributed by atoms with Crippen LogP contribution in [0.15, 0.2) is 24.3 Å². The first-order chi connectivity index (χ1) is 7.09. The molecule has 80 valence electrons. The molecule has 0 saturated carbocycles. The van der Waals surface area contributed by atoms with Gasteiger partial charge in [0.1, 0.15) is 0 Å². The number of carbonyl (C=O) groups is 1. The van der Waals surface area contributed by atoms with E-state index in [2.05, 4.69) is 6.07 Å². The molecule has 3 heteroatoms. The van der Waals surface area contributed by atoms with E-state index >= 15 is 0 Å². The van der Waals surface area contributed by atoms with Crippen LogP contribution < -0.4 is 5.73 Å². The lowest BCUT2D eigenvalue weighted by atomic mass is 9.99. The lowest BCUT2D eigenvalue weighted by Gasteiger charge is -2.23. The van der Waals surface area contributed by atoms with E-state index in [0.29, 0.717) is 6.42 Å². The number of likely N-dealkylation sites (N-methyl/N-ethyl adjacent to an activating group) is 1. The number of aryl methyl sites for hydroxylation is 1. The van der Waals surface area contributed by atoms with Crippen LogP contribution in [0.3, 0.4) is 0 Å². The molecule has 1 heterocycles. The number of benzene rings is 1. The minimum Gasteiger partial charge on any atom is -0.337 e. The molecule has 0 radical (unpaired) electrons. The molecular formula is C12H16N2O. The van der Waals surface area contributed by atoms with Crippen molar-refractivity contribution in [2.24, 2.45) is 5.73 Å². The van der Waals surface area contributed by atoms with Crippen LogP contribution >= 0.6 is 0 Å². The largest absolute Gasteiger partial charge is 0.337 e. The summed E-state index contributed by atoms with van der Waals surface area (Å²) in [6.07, 6.45) is 0.453. The Hall–Kier alpha value is -1.35. The number of hydrogen-bond acceptors (Lipinski definition) is 2. The van der Waals surface area contributed by atoms with Crippen LogP contribution in [0.25, 0.3) is 0 Å². The maximum atomic E-state index is 11.5. The van der Waals surface area contributed by atoms with E-state index in [0.717, 1.165) is 5.56 Å². The fraction of sp³-hybridized carbons (Fsp3) is 0.417. The molecule has 1 aromatic carbocycles. The van der Waals surface area contributed by atoms with E-state index in [9.17, 15) is 4.79 Å². The molecule has 0 bridgehead atoms. The molecule has 1 aliphatic heterocycles. The second kappa shape index (κ2) is 3.66. The minimum absolute atomic E-state index is 0.0393. The van der Waals surface area contributed by atoms with Gasteiger partial charge < -0.3 is 10.6 Å². The van der Waals surface area contributed by atoms with Gasteiger partial charge in [0.05, 0.1) is 6.04 Å². The maximum absolute atomic E-state index is 11.5. The first kappa shape index (κ1) is 10.2. The number of likely N-dealkylation sites (tertiary alicyclic amines) is 1. The lowest BCUT2D eigenvalue weighted by Crippen LogP contribution is -2.30. The van der Waals surface area contributed by atoms with E-state index < -0.39 is 0 Å². The molecule has 0 spiro atoms. The lowest BCUT2D eigenvalue weighted by molar-refractivity contribution is -0.127. The van der Waals surface area contributed by atoms with Crippen molar-refractivity contribution in [3.8, 4) is 0 Å². The van der Waals surface area contributed by atoms with Gasteiger partial charge in [0.15, 0.2) is 0 Å². The molecule has 2 unspecified atom stereocenters. The van der Waals surface area contributed by atoms with Gasteiger partial charge in [-0.3, -0.25) is 4.79 Å². The molecule has 15 heavy (non-hydrogen) atoms. The Balaban J connectivity index is 2.34. The van der Waals surface area contributed by atoms with Crippen LogP contribution in [-0.4, -0.2) is 23.9 Å². The van der Waals surface area contributed by atoms with Crippen molar-refractivity contribution in [1.29, 1.82) is 0 Å². The SMILES string of the molecule is Cc1cccc(C2C(N)CC(=O)N2C)c1. The summed E-state index contributed by atoms with van der Waals surface area (Å²) in [6, 6.07) is 8.15. The standard InChI is InChI=1S/C12H16N2O/c1-8-4-3-5-9(6-8)12-10(13)7-11(15)14(12)2/h3-6,10,12H,7,13H2,1-2H3. The third-order valence-corrected chi connectivity index (χ3v) is 3.01. The smallest absolute Gasteiger partial charge is 0.224 e. The molecule has 1 amide bonds. The molecule has 1 aliphatic rings. The van der Waals surface area contributed by atoms with Crippen molar-refractivity contribution in [3.05, 3.63) is 35.4 Å². The van der Waals surface area contributed by atoms with Crippen molar-refractivity contribution in [2.75, 3.05) is 7.05 Å². The molecule has 0 aromatic heterocycles. The van der Waals surface area contributed by atoms with Gasteiger partial charge in [-0.2, -0.15) is 0 Å². The highest BCUT2D eigenvalue weighted by atomic mass is 16.2. The van der Waals surface area contributed by atoms with Gasteiger partial charge in [0.25, 0.3) is 0 Å². The Bertz CT molecular complexity index is 389. The summed E-state index contributed by atoms with van der Waals surface area (Å²) in [7, 11) is 1.82. The molecule has 2 rings (SSSR count). The predicted molar refractivity (Wildman–Crippen MR) is 59.3 cm³/mol. The molecule has 1 saturated heterocycles. The number of rotatable bonds is 1. The van der Waals surface area contributed by atoms with Crippen LogP contribution in [-0.2, 0) is 4.79 Å². The summed E-state index contributed by atoms with van der Waals surface area (Å²) in [5.41, 5.74) is 8.32. The van der Waals surface area contributed by atoms with Crippen molar-refractivity contribution in [2.45, 2.75) is 25.4 Å². The van der Waals surface area contributed by atoms with Crippen LogP contribution in [0.4, 0.5) is 0 Å². The highest BCUT2D eigenvalue weighted by Crippen LogP contribution is 2.30. The molecule has 1 fully saturated rings. The molecule has 1 aromatic rings. The number of amides is 1. The van der Waals surface area contributed by atoms with Crippen LogP contribution in [0.1, 0.15) is 23.6 Å². The fourth-order valence-corrected chi connectivity index (χ4v) is 2.22. The van der Waals surface area contributed by atoms with Crippen molar-refractivity contribution < 1.29 is 4.79 Å². The quantitative estimate of drug-likeness (QED) is 0.747. The Morgan fingerprint density at radius 2 is 2.20 bits per heavy atom. The van der Waals surface area contributed by atoms with Crippen LogP contribution in [0, 0.1) is 6.92 Å². The van der Waals surface area contributed by atoms with Crippen molar-refractivity contribution in [1.82, 2.24) is 4.90 Å². The second-order valence-corrected chi connectivity index (χ2v) is 4.23. The number of hydrogen-bond donors (Lipinski definition) is 1. The van der Waals surface area contributed by atoms with E-state index in [-0.39, 0.29) is 18.0 Å². The Morgan fingerprint density at radius 1 is 1.47 bits per heavy atom. The highest BCUT2D eigenvalue weighted by molar-refractivity contribution is 5.80. The third-order valence-electron chi connectivity index (χ3n) is 3.01. The zero-order chi connectivity index (χ0) is 11.0. The van der Waals surface area contributed by atoms with E-state index in [1.54, 1.807) is 4.90 Å². The van der Waals surface area contributed by atoms with Crippen molar-refractivity contribution in [3.63, 3.8) is 0 Å². The van der Waals surface area contributed by atoms with Gasteiger partial charge in [0.2, 0.25) is 5.91 Å². The van der Waals surface area contributed by atoms with Gasteiger partial charge in [-0.05, 0) is 12.5 Å². The number of nitrogens with zero attached hydrogens (tertiary/aromatic N) is 1. The summed E-state index contributed by atoms with van der Waals surface area (Å²) in [5.74, 6) is 0.133. The summed E-state index contributed by atoms with van der Waals surface area (Å²) in [4.78, 5) is 13.2. The second-order valence-electron chi connectivity index (χ2n) is 4.23. The number of carbonyl (C=O) groups excluding carboxylic acids is 1. The number of nitrogens with two attached hydrogens (primary N) is 1. The summed E-state index contributed by atoms with van der Waals surface area (Å²) < 4.78 is 0. The van der Waals surface area contributed by atoms with E-state index in [1.807, 2.05) is 32.2 Å². The van der Waals surface area contributed by atoms with Gasteiger partial charge in [-0.1, -0.05) is 29.8 Å². The molecule has 3 nitrogen and oxygen atoms in total. The Labute approximate surface area is 89.9 Å². The highest BCUT2D eigenvalue weighted by Gasteiger charge is 2.35. The van der Waals surface area contributed by atoms with Crippen LogP contribution in [0.5, 0.6) is 0 Å². The zero-order valence-corrected chi connectivity index (χ0v) is 9.10. The van der Waals surface area contributed by atoms with E-state index in [4.69, 9.17) is 5.73 Å². The third kappa shape index (κ3) is 1.75. The molecule has 2 atom stereocenters. The monoisotopic (exact) mass is 204 g/mol. The predicted octanol–water partition coefficient (Wildman–Crippen LogP) is 1.23. The first-order valence-electron chi connectivity index (χ1n) is 5.17. The topological polar surface area (TPSA) is 46.3 Å². The van der Waals surface area contributed by atoms with Gasteiger partial charge in [-0.25, -0.2) is 0 Å². The van der Waals surface area contributed by atoms with E-state index in [1.165, 1.54) is 5.56 Å². The summed E-state index contributed by atoms with van der Waals surface area (Å²) >= 11 is 0. The molecule has 2 N–H and O–H groups in total. The van der Waals surface area contributed by atoms with Gasteiger partial charge >= 0.3 is 0 Å². The Morgan fingerprint density at radius 3 is 2.73 bits per heavy atom. The first-order valence-corrected chi connectivity index (χ1v) is 5.17. The summed E-state index contributed by atoms with van der Waals surface area (Å²) in [5, 5.41) is 0. The van der Waals surface area contributed by atoms with Gasteiger partial charge in [0, 0.05) is 19.5 Å². The van der Waals surface area contributed by atoms with Gasteiger partial charge in [-0.15, -0.1) is 0 Å². The molecular weight excluding hydrogens is 188 g/mol. The Kier molecular flexibility index (Phi) is 2.49. The summed E-state index contributed by atoms with van der Waals surface area (Å²) in [6.45, 7) is 2.05. The van der Waals surface area contributed by atoms with Crippen molar-refractivity contribution >= 4 is 5.91 Å². The average Bonchev–Trinajstić information content (AvgIpc) is 2.41. The zero-order valence-electron chi connectivity index (χ0n) is 9.10. The normalized spacial score (nSPS) is 26.1. The fourth-order valence-electron chi connectivity index (χ4n) is 2.22. The van der Waals surface area contributed by atoms with Crippen LogP contribution in [0.2, 0.25) is 0 Å². The maximum Gasteiger partial charge on any atom is 0.224 e.